The molecule has 1 fully saturated rings. The number of anilines is 1. The molecular weight excluding hydrogens is 548 g/mol. The molecule has 0 unspecified atom stereocenters. The summed E-state index contributed by atoms with van der Waals surface area (Å²) in [6.07, 6.45) is 0. The third kappa shape index (κ3) is 5.74. The summed E-state index contributed by atoms with van der Waals surface area (Å²) in [5, 5.41) is 15.9. The fourth-order valence-corrected chi connectivity index (χ4v) is 5.91. The minimum Gasteiger partial charge on any atom is -0.351 e. The van der Waals surface area contributed by atoms with Gasteiger partial charge in [0, 0.05) is 62.4 Å². The van der Waals surface area contributed by atoms with Gasteiger partial charge in [0.1, 0.15) is 0 Å². The van der Waals surface area contributed by atoms with Gasteiger partial charge in [0.15, 0.2) is 5.13 Å². The first-order valence-corrected chi connectivity index (χ1v) is 13.6. The lowest BCUT2D eigenvalue weighted by Crippen LogP contribution is -2.48. The normalized spacial score (nSPS) is 13.8. The molecule has 0 radical (unpaired) electrons. The first kappa shape index (κ1) is 27.4. The van der Waals surface area contributed by atoms with E-state index in [0.29, 0.717) is 12.1 Å². The van der Waals surface area contributed by atoms with Crippen molar-refractivity contribution in [1.29, 1.82) is 0 Å². The second kappa shape index (κ2) is 12.0. The average molecular weight is 575 g/mol. The van der Waals surface area contributed by atoms with E-state index in [1.54, 1.807) is 12.1 Å². The first-order valence-electron chi connectivity index (χ1n) is 12.8. The number of benzene rings is 3. The van der Waals surface area contributed by atoms with Crippen molar-refractivity contribution in [2.45, 2.75) is 0 Å². The molecule has 1 saturated heterocycles. The summed E-state index contributed by atoms with van der Waals surface area (Å²) in [7, 11) is 0. The van der Waals surface area contributed by atoms with Gasteiger partial charge in [0.2, 0.25) is 0 Å². The van der Waals surface area contributed by atoms with E-state index in [0.717, 1.165) is 70.2 Å². The van der Waals surface area contributed by atoms with Gasteiger partial charge < -0.3 is 10.2 Å². The third-order valence-corrected chi connectivity index (χ3v) is 8.04. The lowest BCUT2D eigenvalue weighted by atomic mass is 10.0. The number of thiazole rings is 1. The van der Waals surface area contributed by atoms with Gasteiger partial charge in [-0.25, -0.2) is 9.97 Å². The fraction of sp³-hybridized carbons (Fsp3) is 0.207. The van der Waals surface area contributed by atoms with E-state index in [-0.39, 0.29) is 28.9 Å². The average Bonchev–Trinajstić information content (AvgIpc) is 3.41. The summed E-state index contributed by atoms with van der Waals surface area (Å²) in [5.41, 5.74) is 4.04. The number of hydrogen-bond acceptors (Lipinski definition) is 8. The number of carbonyl (C=O) groups excluding carboxylic acids is 1. The number of nitrogens with one attached hydrogen (secondary N) is 1. The molecule has 5 aromatic rings. The smallest absolute Gasteiger partial charge is 0.270 e. The van der Waals surface area contributed by atoms with Crippen LogP contribution < -0.4 is 10.2 Å². The van der Waals surface area contributed by atoms with Crippen LogP contribution >= 0.6 is 23.7 Å². The van der Waals surface area contributed by atoms with E-state index in [9.17, 15) is 14.9 Å². The Morgan fingerprint density at radius 2 is 1.68 bits per heavy atom. The van der Waals surface area contributed by atoms with Crippen LogP contribution in [0.25, 0.3) is 32.4 Å². The van der Waals surface area contributed by atoms with Gasteiger partial charge in [-0.15, -0.1) is 12.4 Å². The van der Waals surface area contributed by atoms with Gasteiger partial charge in [0.25, 0.3) is 11.6 Å². The lowest BCUT2D eigenvalue weighted by molar-refractivity contribution is -0.384. The maximum absolute atomic E-state index is 13.3. The molecule has 1 N–H and O–H groups in total. The van der Waals surface area contributed by atoms with Crippen LogP contribution in [0.4, 0.5) is 10.8 Å². The minimum atomic E-state index is -0.379. The van der Waals surface area contributed by atoms with Crippen molar-refractivity contribution in [1.82, 2.24) is 20.2 Å². The van der Waals surface area contributed by atoms with E-state index in [1.807, 2.05) is 60.7 Å². The number of hydrogen-bond donors (Lipinski definition) is 1. The Balaban J connectivity index is 0.00000323. The third-order valence-electron chi connectivity index (χ3n) is 6.96. The van der Waals surface area contributed by atoms with Crippen molar-refractivity contribution in [3.63, 3.8) is 0 Å². The Labute approximate surface area is 241 Å². The molecular formula is C29H27ClN6O3S. The van der Waals surface area contributed by atoms with Gasteiger partial charge in [-0.3, -0.25) is 19.8 Å². The van der Waals surface area contributed by atoms with Crippen LogP contribution in [-0.2, 0) is 0 Å². The van der Waals surface area contributed by atoms with Crippen LogP contribution in [0.2, 0.25) is 0 Å². The molecule has 0 aliphatic carbocycles. The van der Waals surface area contributed by atoms with E-state index >= 15 is 0 Å². The minimum absolute atomic E-state index is 0. The molecule has 2 aromatic heterocycles. The molecule has 1 aliphatic rings. The topological polar surface area (TPSA) is 105 Å². The van der Waals surface area contributed by atoms with E-state index in [4.69, 9.17) is 4.98 Å². The first-order chi connectivity index (χ1) is 19.0. The molecule has 1 amide bonds. The van der Waals surface area contributed by atoms with Crippen molar-refractivity contribution in [2.75, 3.05) is 44.2 Å². The second-order valence-electron chi connectivity index (χ2n) is 9.43. The molecule has 3 heterocycles. The number of nitro benzene ring substituents is 1. The summed E-state index contributed by atoms with van der Waals surface area (Å²) >= 11 is 1.49. The largest absolute Gasteiger partial charge is 0.351 e. The van der Waals surface area contributed by atoms with E-state index in [2.05, 4.69) is 20.1 Å². The highest BCUT2D eigenvalue weighted by atomic mass is 35.5. The van der Waals surface area contributed by atoms with E-state index < -0.39 is 0 Å². The molecule has 1 aliphatic heterocycles. The summed E-state index contributed by atoms with van der Waals surface area (Å²) in [5.74, 6) is -0.104. The maximum Gasteiger partial charge on any atom is 0.270 e. The highest BCUT2D eigenvalue weighted by Gasteiger charge is 2.21. The van der Waals surface area contributed by atoms with Crippen LogP contribution in [0.15, 0.2) is 78.9 Å². The number of pyridine rings is 1. The van der Waals surface area contributed by atoms with Crippen molar-refractivity contribution in [3.8, 4) is 11.3 Å². The zero-order valence-electron chi connectivity index (χ0n) is 21.5. The summed E-state index contributed by atoms with van der Waals surface area (Å²) in [6, 6.07) is 24.3. The van der Waals surface area contributed by atoms with E-state index in [1.165, 1.54) is 17.4 Å². The summed E-state index contributed by atoms with van der Waals surface area (Å²) in [4.78, 5) is 38.0. The Kier molecular flexibility index (Phi) is 8.20. The molecule has 0 atom stereocenters. The van der Waals surface area contributed by atoms with Crippen molar-refractivity contribution in [2.24, 2.45) is 0 Å². The number of rotatable bonds is 7. The lowest BCUT2D eigenvalue weighted by Gasteiger charge is -2.34. The molecule has 9 nitrogen and oxygen atoms in total. The highest BCUT2D eigenvalue weighted by Crippen LogP contribution is 2.32. The number of aromatic nitrogens is 2. The number of halogens is 1. The Morgan fingerprint density at radius 1 is 0.925 bits per heavy atom. The van der Waals surface area contributed by atoms with Crippen LogP contribution in [0.3, 0.4) is 0 Å². The maximum atomic E-state index is 13.3. The van der Waals surface area contributed by atoms with Gasteiger partial charge >= 0.3 is 0 Å². The number of amides is 1. The van der Waals surface area contributed by atoms with Crippen molar-refractivity contribution >= 4 is 61.6 Å². The van der Waals surface area contributed by atoms with Crippen LogP contribution in [0.1, 0.15) is 10.4 Å². The zero-order valence-corrected chi connectivity index (χ0v) is 23.2. The van der Waals surface area contributed by atoms with Crippen LogP contribution in [0.5, 0.6) is 0 Å². The standard InChI is InChI=1S/C29H26N6O3S.ClH/c36-28(23-19-26(20-6-2-1-3-7-20)31-24-9-5-4-8-22(23)24)30-12-13-33-14-16-34(17-15-33)29-32-25-11-10-21(35(37)38)18-27(25)39-29;/h1-11,18-19H,12-17H2,(H,30,36);1H. The SMILES string of the molecule is Cl.O=C(NCCN1CCN(c2nc3ccc([N+](=O)[O-])cc3s2)CC1)c1cc(-c2ccccc2)nc2ccccc12. The summed E-state index contributed by atoms with van der Waals surface area (Å²) < 4.78 is 0.823. The second-order valence-corrected chi connectivity index (χ2v) is 10.4. The van der Waals surface area contributed by atoms with Crippen LogP contribution in [-0.4, -0.2) is 65.0 Å². The molecule has 6 rings (SSSR count). The number of piperazine rings is 1. The van der Waals surface area contributed by atoms with Gasteiger partial charge in [-0.05, 0) is 18.2 Å². The predicted octanol–water partition coefficient (Wildman–Crippen LogP) is 5.39. The van der Waals surface area contributed by atoms with Crippen molar-refractivity contribution < 1.29 is 9.72 Å². The molecule has 11 heteroatoms. The monoisotopic (exact) mass is 574 g/mol. The Morgan fingerprint density at radius 3 is 2.45 bits per heavy atom. The highest BCUT2D eigenvalue weighted by molar-refractivity contribution is 7.22. The molecule has 40 heavy (non-hydrogen) atoms. The van der Waals surface area contributed by atoms with Gasteiger partial charge in [-0.2, -0.15) is 0 Å². The molecule has 204 valence electrons. The Hall–Kier alpha value is -4.12. The number of fused-ring (bicyclic) bond motifs is 2. The molecule has 0 spiro atoms. The molecule has 0 bridgehead atoms. The number of nitro groups is 1. The summed E-state index contributed by atoms with van der Waals surface area (Å²) in [6.45, 7) is 4.61. The van der Waals surface area contributed by atoms with Crippen LogP contribution in [0, 0.1) is 10.1 Å². The molecule has 0 saturated carbocycles. The molecule has 3 aromatic carbocycles. The quantitative estimate of drug-likeness (QED) is 0.205. The number of para-hydroxylation sites is 1. The van der Waals surface area contributed by atoms with Gasteiger partial charge in [0.05, 0.1) is 31.9 Å². The van der Waals surface area contributed by atoms with Gasteiger partial charge in [-0.1, -0.05) is 59.9 Å². The van der Waals surface area contributed by atoms with Crippen molar-refractivity contribution in [3.05, 3.63) is 94.5 Å². The zero-order chi connectivity index (χ0) is 26.8. The number of carbonyl (C=O) groups is 1. The Bertz CT molecular complexity index is 1670. The number of non-ortho nitro benzene ring substituents is 1. The predicted molar refractivity (Wildman–Crippen MR) is 162 cm³/mol. The number of nitrogens with zero attached hydrogens (tertiary/aromatic N) is 5. The fourth-order valence-electron chi connectivity index (χ4n) is 4.86.